The number of rotatable bonds is 8. The Hall–Kier alpha value is -2.81. The Labute approximate surface area is 190 Å². The summed E-state index contributed by atoms with van der Waals surface area (Å²) in [6.45, 7) is 1.88. The standard InChI is InChI=1S/C23H22BrN3O3S/c1-17-10-12-21(13-11-17)31(29,30)27-22(19-7-3-2-4-8-19)15-23(28)26-25-16-18-6-5-9-20(24)14-18/h2-14,16,22,27H,15H2,1H3,(H,26,28)/b25-16-/t22-/m0/s1. The molecular formula is C23H22BrN3O3S. The maximum absolute atomic E-state index is 12.9. The van der Waals surface area contributed by atoms with E-state index in [9.17, 15) is 13.2 Å². The molecule has 0 aromatic heterocycles. The van der Waals surface area contributed by atoms with E-state index in [1.165, 1.54) is 6.21 Å². The molecule has 0 fully saturated rings. The van der Waals surface area contributed by atoms with E-state index in [0.717, 1.165) is 15.6 Å². The Bertz CT molecular complexity index is 1160. The minimum absolute atomic E-state index is 0.106. The maximum atomic E-state index is 12.9. The van der Waals surface area contributed by atoms with Gasteiger partial charge in [-0.25, -0.2) is 18.6 Å². The summed E-state index contributed by atoms with van der Waals surface area (Å²) in [7, 11) is -3.81. The van der Waals surface area contributed by atoms with E-state index in [0.29, 0.717) is 5.56 Å². The highest BCUT2D eigenvalue weighted by molar-refractivity contribution is 9.10. The zero-order valence-corrected chi connectivity index (χ0v) is 19.2. The highest BCUT2D eigenvalue weighted by Crippen LogP contribution is 2.21. The molecule has 0 heterocycles. The van der Waals surface area contributed by atoms with Crippen LogP contribution >= 0.6 is 15.9 Å². The number of hydrazone groups is 1. The summed E-state index contributed by atoms with van der Waals surface area (Å²) in [5.41, 5.74) is 4.92. The average Bonchev–Trinajstić information content (AvgIpc) is 2.74. The van der Waals surface area contributed by atoms with Gasteiger partial charge in [-0.1, -0.05) is 76.1 Å². The minimum atomic E-state index is -3.81. The van der Waals surface area contributed by atoms with Gasteiger partial charge in [0.25, 0.3) is 0 Å². The number of carbonyl (C=O) groups is 1. The Morgan fingerprint density at radius 3 is 2.42 bits per heavy atom. The number of halogens is 1. The van der Waals surface area contributed by atoms with Gasteiger partial charge in [0, 0.05) is 10.9 Å². The fourth-order valence-electron chi connectivity index (χ4n) is 2.88. The first kappa shape index (κ1) is 22.9. The van der Waals surface area contributed by atoms with Gasteiger partial charge in [-0.05, 0) is 42.3 Å². The predicted molar refractivity (Wildman–Crippen MR) is 125 cm³/mol. The van der Waals surface area contributed by atoms with E-state index in [1.807, 2.05) is 37.3 Å². The normalized spacial score (nSPS) is 12.6. The Balaban J connectivity index is 1.73. The van der Waals surface area contributed by atoms with Crippen molar-refractivity contribution in [3.8, 4) is 0 Å². The van der Waals surface area contributed by atoms with Crippen LogP contribution in [-0.4, -0.2) is 20.5 Å². The largest absolute Gasteiger partial charge is 0.273 e. The quantitative estimate of drug-likeness (QED) is 0.357. The summed E-state index contributed by atoms with van der Waals surface area (Å²) in [6, 6.07) is 22.2. The molecule has 0 aliphatic rings. The predicted octanol–water partition coefficient (Wildman–Crippen LogP) is 4.32. The molecule has 0 aliphatic heterocycles. The molecule has 6 nitrogen and oxygen atoms in total. The maximum Gasteiger partial charge on any atom is 0.242 e. The van der Waals surface area contributed by atoms with Gasteiger partial charge in [-0.15, -0.1) is 0 Å². The molecule has 1 atom stereocenters. The second-order valence-corrected chi connectivity index (χ2v) is 9.58. The van der Waals surface area contributed by atoms with E-state index >= 15 is 0 Å². The first-order chi connectivity index (χ1) is 14.8. The van der Waals surface area contributed by atoms with Gasteiger partial charge >= 0.3 is 0 Å². The van der Waals surface area contributed by atoms with Gasteiger partial charge in [0.05, 0.1) is 17.2 Å². The van der Waals surface area contributed by atoms with Gasteiger partial charge < -0.3 is 0 Å². The second-order valence-electron chi connectivity index (χ2n) is 6.95. The van der Waals surface area contributed by atoms with Crippen molar-refractivity contribution in [3.05, 3.63) is 100 Å². The van der Waals surface area contributed by atoms with Gasteiger partial charge in [0.1, 0.15) is 0 Å². The van der Waals surface area contributed by atoms with Crippen molar-refractivity contribution in [2.24, 2.45) is 5.10 Å². The molecule has 3 rings (SSSR count). The topological polar surface area (TPSA) is 87.6 Å². The number of sulfonamides is 1. The zero-order chi connectivity index (χ0) is 22.3. The molecular weight excluding hydrogens is 478 g/mol. The summed E-state index contributed by atoms with van der Waals surface area (Å²) in [4.78, 5) is 12.6. The Morgan fingerprint density at radius 2 is 1.74 bits per heavy atom. The first-order valence-electron chi connectivity index (χ1n) is 9.55. The van der Waals surface area contributed by atoms with Gasteiger partial charge in [-0.2, -0.15) is 5.10 Å². The molecule has 0 radical (unpaired) electrons. The minimum Gasteiger partial charge on any atom is -0.273 e. The molecule has 3 aromatic carbocycles. The molecule has 3 aromatic rings. The van der Waals surface area contributed by atoms with Crippen LogP contribution < -0.4 is 10.1 Å². The average molecular weight is 500 g/mol. The summed E-state index contributed by atoms with van der Waals surface area (Å²) in [5.74, 6) is -0.410. The third-order valence-corrected chi connectivity index (χ3v) is 6.45. The molecule has 1 amide bonds. The number of nitrogens with one attached hydrogen (secondary N) is 2. The van der Waals surface area contributed by atoms with E-state index in [1.54, 1.807) is 48.5 Å². The zero-order valence-electron chi connectivity index (χ0n) is 16.8. The van der Waals surface area contributed by atoms with Crippen LogP contribution in [0.25, 0.3) is 0 Å². The van der Waals surface area contributed by atoms with Gasteiger partial charge in [-0.3, -0.25) is 4.79 Å². The van der Waals surface area contributed by atoms with E-state index in [4.69, 9.17) is 0 Å². The van der Waals surface area contributed by atoms with Crippen molar-refractivity contribution in [1.29, 1.82) is 0 Å². The van der Waals surface area contributed by atoms with Crippen molar-refractivity contribution < 1.29 is 13.2 Å². The third kappa shape index (κ3) is 6.85. The molecule has 0 saturated carbocycles. The van der Waals surface area contributed by atoms with Crippen LogP contribution in [0, 0.1) is 6.92 Å². The van der Waals surface area contributed by atoms with Gasteiger partial charge in [0.15, 0.2) is 0 Å². The molecule has 2 N–H and O–H groups in total. The third-order valence-electron chi connectivity index (χ3n) is 4.47. The number of nitrogens with zero attached hydrogens (tertiary/aromatic N) is 1. The van der Waals surface area contributed by atoms with E-state index < -0.39 is 22.0 Å². The van der Waals surface area contributed by atoms with Gasteiger partial charge in [0.2, 0.25) is 15.9 Å². The van der Waals surface area contributed by atoms with E-state index in [-0.39, 0.29) is 11.3 Å². The number of benzene rings is 3. The fourth-order valence-corrected chi connectivity index (χ4v) is 4.52. The lowest BCUT2D eigenvalue weighted by atomic mass is 10.0. The Kier molecular flexibility index (Phi) is 7.73. The number of aryl methyl sites for hydroxylation is 1. The van der Waals surface area contributed by atoms with Crippen LogP contribution in [0.15, 0.2) is 93.3 Å². The molecule has 31 heavy (non-hydrogen) atoms. The van der Waals surface area contributed by atoms with Crippen LogP contribution in [0.4, 0.5) is 0 Å². The fraction of sp³-hybridized carbons (Fsp3) is 0.130. The molecule has 0 saturated heterocycles. The van der Waals surface area contributed by atoms with Crippen molar-refractivity contribution in [3.63, 3.8) is 0 Å². The number of carbonyl (C=O) groups excluding carboxylic acids is 1. The molecule has 160 valence electrons. The first-order valence-corrected chi connectivity index (χ1v) is 11.8. The molecule has 0 bridgehead atoms. The van der Waals surface area contributed by atoms with Crippen molar-refractivity contribution in [1.82, 2.24) is 10.1 Å². The molecule has 0 aliphatic carbocycles. The number of amides is 1. The summed E-state index contributed by atoms with van der Waals surface area (Å²) >= 11 is 3.38. The van der Waals surface area contributed by atoms with E-state index in [2.05, 4.69) is 31.2 Å². The smallest absolute Gasteiger partial charge is 0.242 e. The highest BCUT2D eigenvalue weighted by Gasteiger charge is 2.23. The molecule has 8 heteroatoms. The Morgan fingerprint density at radius 1 is 1.03 bits per heavy atom. The number of hydrogen-bond acceptors (Lipinski definition) is 4. The van der Waals surface area contributed by atoms with Crippen LogP contribution in [0.5, 0.6) is 0 Å². The van der Waals surface area contributed by atoms with Crippen molar-refractivity contribution >= 4 is 38.1 Å². The second kappa shape index (κ2) is 10.5. The van der Waals surface area contributed by atoms with Crippen LogP contribution in [0.1, 0.15) is 29.2 Å². The highest BCUT2D eigenvalue weighted by atomic mass is 79.9. The summed E-state index contributed by atoms with van der Waals surface area (Å²) in [5, 5.41) is 3.97. The van der Waals surface area contributed by atoms with Crippen LogP contribution in [-0.2, 0) is 14.8 Å². The summed E-state index contributed by atoms with van der Waals surface area (Å²) in [6.07, 6.45) is 1.42. The van der Waals surface area contributed by atoms with Crippen LogP contribution in [0.2, 0.25) is 0 Å². The SMILES string of the molecule is Cc1ccc(S(=O)(=O)N[C@@H](CC(=O)N/N=C\c2cccc(Br)c2)c2ccccc2)cc1. The van der Waals surface area contributed by atoms with Crippen molar-refractivity contribution in [2.75, 3.05) is 0 Å². The number of hydrogen-bond donors (Lipinski definition) is 2. The lowest BCUT2D eigenvalue weighted by Gasteiger charge is -2.18. The lowest BCUT2D eigenvalue weighted by Crippen LogP contribution is -2.32. The molecule has 0 spiro atoms. The molecule has 0 unspecified atom stereocenters. The van der Waals surface area contributed by atoms with Crippen LogP contribution in [0.3, 0.4) is 0 Å². The summed E-state index contributed by atoms with van der Waals surface area (Å²) < 4.78 is 29.3. The van der Waals surface area contributed by atoms with Crippen molar-refractivity contribution in [2.45, 2.75) is 24.3 Å². The monoisotopic (exact) mass is 499 g/mol. The lowest BCUT2D eigenvalue weighted by molar-refractivity contribution is -0.121.